The first-order chi connectivity index (χ1) is 14.2. The summed E-state index contributed by atoms with van der Waals surface area (Å²) < 4.78 is 1.48. The van der Waals surface area contributed by atoms with Crippen molar-refractivity contribution in [2.75, 3.05) is 6.54 Å². The molecular formula is C23H25N3O2S. The fourth-order valence-electron chi connectivity index (χ4n) is 4.99. The average molecular weight is 408 g/mol. The van der Waals surface area contributed by atoms with Crippen molar-refractivity contribution < 1.29 is 4.79 Å². The molecule has 0 unspecified atom stereocenters. The molecule has 0 spiro atoms. The number of rotatable bonds is 3. The molecule has 2 atom stereocenters. The van der Waals surface area contributed by atoms with Crippen LogP contribution in [-0.4, -0.2) is 32.9 Å². The standard InChI is InChI=1S/C23H25N3O2S/c27-21(26-12-6-10-16-7-4-5-11-19(16)26)14-25-15-24-22-18(23(25)28)13-20(29-22)17-8-2-1-3-9-17/h1-3,8-9,13,15-16,19H,4-7,10-12,14H2/t16-,19+/m0/s1. The van der Waals surface area contributed by atoms with Crippen LogP contribution < -0.4 is 5.56 Å². The molecule has 0 N–H and O–H groups in total. The molecule has 1 saturated carbocycles. The lowest BCUT2D eigenvalue weighted by molar-refractivity contribution is -0.138. The van der Waals surface area contributed by atoms with Crippen LogP contribution in [0.5, 0.6) is 0 Å². The summed E-state index contributed by atoms with van der Waals surface area (Å²) in [4.78, 5) is 34.4. The molecule has 2 aliphatic rings. The van der Waals surface area contributed by atoms with Crippen molar-refractivity contribution in [1.29, 1.82) is 0 Å². The normalized spacial score (nSPS) is 21.9. The zero-order valence-electron chi connectivity index (χ0n) is 16.4. The Bertz CT molecular complexity index is 1090. The molecule has 29 heavy (non-hydrogen) atoms. The third kappa shape index (κ3) is 3.50. The van der Waals surface area contributed by atoms with Crippen LogP contribution in [0.25, 0.3) is 20.7 Å². The van der Waals surface area contributed by atoms with Gasteiger partial charge in [0, 0.05) is 17.5 Å². The number of nitrogens with zero attached hydrogens (tertiary/aromatic N) is 3. The first kappa shape index (κ1) is 18.6. The number of hydrogen-bond donors (Lipinski definition) is 0. The summed E-state index contributed by atoms with van der Waals surface area (Å²) in [7, 11) is 0. The monoisotopic (exact) mass is 407 g/mol. The van der Waals surface area contributed by atoms with Gasteiger partial charge in [0.25, 0.3) is 5.56 Å². The van der Waals surface area contributed by atoms with Crippen molar-refractivity contribution in [2.45, 2.75) is 51.1 Å². The third-order valence-corrected chi connectivity index (χ3v) is 7.54. The zero-order valence-corrected chi connectivity index (χ0v) is 17.2. The van der Waals surface area contributed by atoms with E-state index in [-0.39, 0.29) is 18.0 Å². The second-order valence-corrected chi connectivity index (χ2v) is 9.25. The first-order valence-corrected chi connectivity index (χ1v) is 11.4. The Morgan fingerprint density at radius 2 is 1.90 bits per heavy atom. The molecule has 6 heteroatoms. The van der Waals surface area contributed by atoms with Crippen LogP contribution in [0.3, 0.4) is 0 Å². The summed E-state index contributed by atoms with van der Waals surface area (Å²) in [6.07, 6.45) is 8.67. The number of hydrogen-bond acceptors (Lipinski definition) is 4. The number of likely N-dealkylation sites (tertiary alicyclic amines) is 1. The molecule has 1 aliphatic carbocycles. The third-order valence-electron chi connectivity index (χ3n) is 6.45. The van der Waals surface area contributed by atoms with E-state index in [9.17, 15) is 9.59 Å². The maximum Gasteiger partial charge on any atom is 0.262 e. The smallest absolute Gasteiger partial charge is 0.262 e. The van der Waals surface area contributed by atoms with Crippen LogP contribution in [0.1, 0.15) is 38.5 Å². The van der Waals surface area contributed by atoms with Gasteiger partial charge in [-0.2, -0.15) is 0 Å². The Kier molecular flexibility index (Phi) is 4.96. The average Bonchev–Trinajstić information content (AvgIpc) is 3.21. The molecule has 3 heterocycles. The summed E-state index contributed by atoms with van der Waals surface area (Å²) >= 11 is 1.52. The van der Waals surface area contributed by atoms with Gasteiger partial charge in [-0.3, -0.25) is 14.2 Å². The van der Waals surface area contributed by atoms with Crippen LogP contribution in [0, 0.1) is 5.92 Å². The first-order valence-electron chi connectivity index (χ1n) is 10.5. The Hall–Kier alpha value is -2.47. The van der Waals surface area contributed by atoms with Crippen molar-refractivity contribution >= 4 is 27.5 Å². The number of thiophene rings is 1. The van der Waals surface area contributed by atoms with E-state index in [2.05, 4.69) is 4.98 Å². The zero-order chi connectivity index (χ0) is 19.8. The Balaban J connectivity index is 1.41. The molecule has 1 aliphatic heterocycles. The number of amides is 1. The summed E-state index contributed by atoms with van der Waals surface area (Å²) in [6, 6.07) is 12.3. The maximum absolute atomic E-state index is 13.1. The largest absolute Gasteiger partial charge is 0.338 e. The molecule has 2 aromatic heterocycles. The highest BCUT2D eigenvalue weighted by Gasteiger charge is 2.35. The van der Waals surface area contributed by atoms with Gasteiger partial charge in [0.05, 0.1) is 11.7 Å². The quantitative estimate of drug-likeness (QED) is 0.650. The van der Waals surface area contributed by atoms with Crippen molar-refractivity contribution in [3.63, 3.8) is 0 Å². The van der Waals surface area contributed by atoms with Gasteiger partial charge in [-0.15, -0.1) is 11.3 Å². The minimum atomic E-state index is -0.126. The van der Waals surface area contributed by atoms with E-state index in [4.69, 9.17) is 0 Å². The maximum atomic E-state index is 13.1. The van der Waals surface area contributed by atoms with E-state index in [1.54, 1.807) is 0 Å². The van der Waals surface area contributed by atoms with Crippen molar-refractivity contribution in [3.8, 4) is 10.4 Å². The molecule has 0 bridgehead atoms. The minimum absolute atomic E-state index is 0.0587. The van der Waals surface area contributed by atoms with Crippen LogP contribution in [-0.2, 0) is 11.3 Å². The highest BCUT2D eigenvalue weighted by molar-refractivity contribution is 7.21. The van der Waals surface area contributed by atoms with E-state index in [1.165, 1.54) is 47.9 Å². The summed E-state index contributed by atoms with van der Waals surface area (Å²) in [5.74, 6) is 0.701. The molecule has 1 amide bonds. The van der Waals surface area contributed by atoms with Gasteiger partial charge < -0.3 is 4.90 Å². The SMILES string of the molecule is O=C(Cn1cnc2sc(-c3ccccc3)cc2c1=O)N1CCC[C@@H]2CCCC[C@H]21. The van der Waals surface area contributed by atoms with Crippen LogP contribution >= 0.6 is 11.3 Å². The number of fused-ring (bicyclic) bond motifs is 2. The number of piperidine rings is 1. The highest BCUT2D eigenvalue weighted by Crippen LogP contribution is 2.35. The number of carbonyl (C=O) groups is 1. The Morgan fingerprint density at radius 3 is 2.76 bits per heavy atom. The van der Waals surface area contributed by atoms with E-state index in [0.717, 1.165) is 34.7 Å². The molecule has 150 valence electrons. The lowest BCUT2D eigenvalue weighted by Gasteiger charge is -2.44. The fraction of sp³-hybridized carbons (Fsp3) is 0.435. The number of aromatic nitrogens is 2. The molecule has 1 aromatic carbocycles. The topological polar surface area (TPSA) is 55.2 Å². The van der Waals surface area contributed by atoms with Crippen molar-refractivity contribution in [2.24, 2.45) is 5.92 Å². The second-order valence-electron chi connectivity index (χ2n) is 8.21. The van der Waals surface area contributed by atoms with E-state index < -0.39 is 0 Å². The van der Waals surface area contributed by atoms with Crippen molar-refractivity contribution in [3.05, 3.63) is 53.1 Å². The minimum Gasteiger partial charge on any atom is -0.338 e. The van der Waals surface area contributed by atoms with Crippen LogP contribution in [0.4, 0.5) is 0 Å². The highest BCUT2D eigenvalue weighted by atomic mass is 32.1. The van der Waals surface area contributed by atoms with Gasteiger partial charge in [0.2, 0.25) is 5.91 Å². The van der Waals surface area contributed by atoms with Gasteiger partial charge >= 0.3 is 0 Å². The summed E-state index contributed by atoms with van der Waals surface area (Å²) in [5.41, 5.74) is 0.952. The molecule has 5 rings (SSSR count). The fourth-order valence-corrected chi connectivity index (χ4v) is 5.98. The number of carbonyl (C=O) groups excluding carboxylic acids is 1. The van der Waals surface area contributed by atoms with Gasteiger partial charge in [0.15, 0.2) is 0 Å². The Morgan fingerprint density at radius 1 is 1.10 bits per heavy atom. The lowest BCUT2D eigenvalue weighted by Crippen LogP contribution is -2.51. The molecular weight excluding hydrogens is 382 g/mol. The van der Waals surface area contributed by atoms with E-state index >= 15 is 0 Å². The summed E-state index contributed by atoms with van der Waals surface area (Å²) in [6.45, 7) is 0.905. The predicted octanol–water partition coefficient (Wildman–Crippen LogP) is 4.31. The lowest BCUT2D eigenvalue weighted by atomic mass is 9.78. The van der Waals surface area contributed by atoms with Gasteiger partial charge in [-0.25, -0.2) is 4.98 Å². The molecule has 1 saturated heterocycles. The Labute approximate surface area is 174 Å². The van der Waals surface area contributed by atoms with E-state index in [0.29, 0.717) is 17.3 Å². The van der Waals surface area contributed by atoms with Crippen molar-refractivity contribution in [1.82, 2.24) is 14.5 Å². The van der Waals surface area contributed by atoms with Crippen LogP contribution in [0.2, 0.25) is 0 Å². The van der Waals surface area contributed by atoms with Crippen LogP contribution in [0.15, 0.2) is 47.5 Å². The van der Waals surface area contributed by atoms with Gasteiger partial charge in [-0.1, -0.05) is 43.2 Å². The van der Waals surface area contributed by atoms with Gasteiger partial charge in [-0.05, 0) is 43.2 Å². The molecule has 2 fully saturated rings. The molecule has 3 aromatic rings. The summed E-state index contributed by atoms with van der Waals surface area (Å²) in [5, 5.41) is 0.596. The second kappa shape index (κ2) is 7.75. The van der Waals surface area contributed by atoms with E-state index in [1.807, 2.05) is 41.3 Å². The predicted molar refractivity (Wildman–Crippen MR) is 116 cm³/mol. The molecule has 5 nitrogen and oxygen atoms in total. The van der Waals surface area contributed by atoms with Gasteiger partial charge in [0.1, 0.15) is 11.4 Å². The number of benzene rings is 1. The molecule has 0 radical (unpaired) electrons.